The minimum absolute atomic E-state index is 0.0434. The second kappa shape index (κ2) is 8.94. The van der Waals surface area contributed by atoms with Gasteiger partial charge in [0.15, 0.2) is 5.82 Å². The van der Waals surface area contributed by atoms with Crippen LogP contribution < -0.4 is 10.1 Å². The van der Waals surface area contributed by atoms with Gasteiger partial charge in [0, 0.05) is 30.2 Å². The Labute approximate surface area is 186 Å². The second-order valence-electron chi connectivity index (χ2n) is 6.66. The van der Waals surface area contributed by atoms with Gasteiger partial charge >= 0.3 is 0 Å². The van der Waals surface area contributed by atoms with E-state index in [-0.39, 0.29) is 5.69 Å². The lowest BCUT2D eigenvalue weighted by molar-refractivity contribution is -0.384. The number of rotatable bonds is 7. The first kappa shape index (κ1) is 21.1. The fourth-order valence-electron chi connectivity index (χ4n) is 3.02. The zero-order valence-corrected chi connectivity index (χ0v) is 18.0. The number of hydrogen-bond acceptors (Lipinski definition) is 8. The van der Waals surface area contributed by atoms with Crippen molar-refractivity contribution in [1.29, 1.82) is 0 Å². The van der Waals surface area contributed by atoms with Crippen molar-refractivity contribution in [2.45, 2.75) is 13.3 Å². The molecule has 4 aromatic rings. The third-order valence-corrected chi connectivity index (χ3v) is 5.53. The third-order valence-electron chi connectivity index (χ3n) is 4.58. The molecule has 0 spiro atoms. The first-order chi connectivity index (χ1) is 15.5. The number of carbonyl (C=O) groups is 1. The minimum atomic E-state index is -0.483. The summed E-state index contributed by atoms with van der Waals surface area (Å²) in [5, 5.41) is 27.2. The molecule has 162 valence electrons. The molecule has 32 heavy (non-hydrogen) atoms. The van der Waals surface area contributed by atoms with Crippen LogP contribution in [0.3, 0.4) is 0 Å². The van der Waals surface area contributed by atoms with Crippen LogP contribution in [0.5, 0.6) is 5.75 Å². The van der Waals surface area contributed by atoms with E-state index in [2.05, 4.69) is 20.6 Å². The molecule has 0 saturated heterocycles. The Morgan fingerprint density at radius 3 is 2.88 bits per heavy atom. The smallest absolute Gasteiger partial charge is 0.270 e. The molecule has 0 aliphatic carbocycles. The van der Waals surface area contributed by atoms with Gasteiger partial charge in [-0.1, -0.05) is 30.4 Å². The number of fused-ring (bicyclic) bond motifs is 1. The fourth-order valence-corrected chi connectivity index (χ4v) is 3.88. The van der Waals surface area contributed by atoms with Crippen molar-refractivity contribution in [1.82, 2.24) is 19.8 Å². The lowest BCUT2D eigenvalue weighted by Gasteiger charge is -2.10. The summed E-state index contributed by atoms with van der Waals surface area (Å²) in [4.78, 5) is 23.6. The number of nitro benzene ring substituents is 1. The second-order valence-corrected chi connectivity index (χ2v) is 7.62. The largest absolute Gasteiger partial charge is 0.495 e. The number of benzene rings is 2. The molecule has 11 heteroatoms. The van der Waals surface area contributed by atoms with Crippen LogP contribution in [0.15, 0.2) is 48.5 Å². The van der Waals surface area contributed by atoms with Crippen LogP contribution in [0.1, 0.15) is 18.3 Å². The Kier molecular flexibility index (Phi) is 5.90. The number of ether oxygens (including phenoxy) is 1. The van der Waals surface area contributed by atoms with E-state index in [1.807, 2.05) is 13.0 Å². The quantitative estimate of drug-likeness (QED) is 0.256. The molecule has 4 rings (SSSR count). The van der Waals surface area contributed by atoms with E-state index in [4.69, 9.17) is 4.74 Å². The predicted molar refractivity (Wildman–Crippen MR) is 121 cm³/mol. The molecule has 0 radical (unpaired) electrons. The maximum Gasteiger partial charge on any atom is 0.270 e. The van der Waals surface area contributed by atoms with E-state index in [1.165, 1.54) is 42.7 Å². The van der Waals surface area contributed by atoms with E-state index in [1.54, 1.807) is 28.8 Å². The highest BCUT2D eigenvalue weighted by atomic mass is 32.1. The molecular formula is C21H18N6O4S. The lowest BCUT2D eigenvalue weighted by atomic mass is 10.1. The molecule has 2 aromatic heterocycles. The van der Waals surface area contributed by atoms with Gasteiger partial charge in [-0.05, 0) is 29.8 Å². The van der Waals surface area contributed by atoms with Gasteiger partial charge in [-0.3, -0.25) is 14.9 Å². The minimum Gasteiger partial charge on any atom is -0.495 e. The number of anilines is 1. The van der Waals surface area contributed by atoms with Gasteiger partial charge in [-0.2, -0.15) is 9.61 Å². The predicted octanol–water partition coefficient (Wildman–Crippen LogP) is 3.98. The molecule has 0 unspecified atom stereocenters. The highest BCUT2D eigenvalue weighted by molar-refractivity contribution is 7.19. The van der Waals surface area contributed by atoms with Crippen molar-refractivity contribution < 1.29 is 14.5 Å². The summed E-state index contributed by atoms with van der Waals surface area (Å²) in [6.07, 6.45) is 3.53. The Morgan fingerprint density at radius 2 is 2.12 bits per heavy atom. The maximum atomic E-state index is 12.5. The summed E-state index contributed by atoms with van der Waals surface area (Å²) in [7, 11) is 1.51. The summed E-state index contributed by atoms with van der Waals surface area (Å²) < 4.78 is 7.08. The van der Waals surface area contributed by atoms with E-state index >= 15 is 0 Å². The van der Waals surface area contributed by atoms with E-state index in [0.717, 1.165) is 16.4 Å². The maximum absolute atomic E-state index is 12.5. The standard InChI is InChI=1S/C21H18N6O4S/c1-3-18-23-24-21-26(18)25-20(32-21)14-8-9-17(31-2)16(12-14)22-19(28)10-7-13-5-4-6-15(11-13)27(29)30/h4-12H,3H2,1-2H3,(H,22,28)/b10-7+. The number of hydrogen-bond donors (Lipinski definition) is 1. The van der Waals surface area contributed by atoms with Crippen molar-refractivity contribution in [3.8, 4) is 16.3 Å². The molecule has 0 aliphatic rings. The van der Waals surface area contributed by atoms with Gasteiger partial charge in [0.25, 0.3) is 5.69 Å². The monoisotopic (exact) mass is 450 g/mol. The average molecular weight is 450 g/mol. The number of aryl methyl sites for hydroxylation is 1. The van der Waals surface area contributed by atoms with Gasteiger partial charge in [-0.25, -0.2) is 0 Å². The molecule has 2 heterocycles. The van der Waals surface area contributed by atoms with Crippen LogP contribution >= 0.6 is 11.3 Å². The highest BCUT2D eigenvalue weighted by Gasteiger charge is 2.14. The van der Waals surface area contributed by atoms with Crippen LogP contribution in [0.4, 0.5) is 11.4 Å². The van der Waals surface area contributed by atoms with Crippen LogP contribution in [-0.2, 0) is 11.2 Å². The Hall–Kier alpha value is -4.12. The molecule has 10 nitrogen and oxygen atoms in total. The van der Waals surface area contributed by atoms with E-state index in [9.17, 15) is 14.9 Å². The first-order valence-electron chi connectivity index (χ1n) is 9.61. The highest BCUT2D eigenvalue weighted by Crippen LogP contribution is 2.33. The Morgan fingerprint density at radius 1 is 1.28 bits per heavy atom. The SMILES string of the molecule is CCc1nnc2sc(-c3ccc(OC)c(NC(=O)/C=C/c4cccc([N+](=O)[O-])c4)c3)nn12. The topological polar surface area (TPSA) is 125 Å². The molecule has 1 amide bonds. The van der Waals surface area contributed by atoms with Crippen molar-refractivity contribution >= 4 is 39.7 Å². The molecule has 2 aromatic carbocycles. The van der Waals surface area contributed by atoms with Crippen LogP contribution in [0, 0.1) is 10.1 Å². The zero-order chi connectivity index (χ0) is 22.7. The number of aromatic nitrogens is 4. The van der Waals surface area contributed by atoms with Gasteiger partial charge in [0.1, 0.15) is 10.8 Å². The molecule has 0 aliphatic heterocycles. The van der Waals surface area contributed by atoms with Crippen molar-refractivity contribution in [2.75, 3.05) is 12.4 Å². The molecular weight excluding hydrogens is 432 g/mol. The zero-order valence-electron chi connectivity index (χ0n) is 17.2. The molecule has 0 fully saturated rings. The van der Waals surface area contributed by atoms with Gasteiger partial charge < -0.3 is 10.1 Å². The summed E-state index contributed by atoms with van der Waals surface area (Å²) in [6.45, 7) is 1.98. The third kappa shape index (κ3) is 4.32. The number of non-ortho nitro benzene ring substituents is 1. The molecule has 1 N–H and O–H groups in total. The summed E-state index contributed by atoms with van der Waals surface area (Å²) >= 11 is 1.39. The van der Waals surface area contributed by atoms with Crippen molar-refractivity contribution in [3.05, 3.63) is 70.0 Å². The summed E-state index contributed by atoms with van der Waals surface area (Å²) in [5.41, 5.74) is 1.77. The normalized spacial score (nSPS) is 11.2. The summed E-state index contributed by atoms with van der Waals surface area (Å²) in [5.74, 6) is 0.859. The van der Waals surface area contributed by atoms with E-state index < -0.39 is 10.8 Å². The van der Waals surface area contributed by atoms with Crippen molar-refractivity contribution in [3.63, 3.8) is 0 Å². The Bertz CT molecular complexity index is 1340. The molecule has 0 atom stereocenters. The average Bonchev–Trinajstić information content (AvgIpc) is 3.38. The number of nitrogens with zero attached hydrogens (tertiary/aromatic N) is 5. The van der Waals surface area contributed by atoms with Gasteiger partial charge in [-0.15, -0.1) is 10.2 Å². The van der Waals surface area contributed by atoms with Gasteiger partial charge in [0.2, 0.25) is 10.9 Å². The summed E-state index contributed by atoms with van der Waals surface area (Å²) in [6, 6.07) is 11.4. The Balaban J connectivity index is 1.57. The van der Waals surface area contributed by atoms with Crippen LogP contribution in [-0.4, -0.2) is 37.8 Å². The fraction of sp³-hybridized carbons (Fsp3) is 0.143. The molecule has 0 bridgehead atoms. The van der Waals surface area contributed by atoms with E-state index in [0.29, 0.717) is 28.4 Å². The number of carbonyl (C=O) groups excluding carboxylic acids is 1. The lowest BCUT2D eigenvalue weighted by Crippen LogP contribution is -2.09. The number of methoxy groups -OCH3 is 1. The molecule has 0 saturated carbocycles. The van der Waals surface area contributed by atoms with Crippen molar-refractivity contribution in [2.24, 2.45) is 0 Å². The number of nitrogens with one attached hydrogen (secondary N) is 1. The number of amides is 1. The number of nitro groups is 1. The van der Waals surface area contributed by atoms with Crippen LogP contribution in [0.2, 0.25) is 0 Å². The van der Waals surface area contributed by atoms with Crippen LogP contribution in [0.25, 0.3) is 21.6 Å². The first-order valence-corrected chi connectivity index (χ1v) is 10.4. The van der Waals surface area contributed by atoms with Gasteiger partial charge in [0.05, 0.1) is 17.7 Å².